The van der Waals surface area contributed by atoms with Crippen LogP contribution in [0.15, 0.2) is 52.9 Å². The summed E-state index contributed by atoms with van der Waals surface area (Å²) >= 11 is 1.17. The molecule has 1 fully saturated rings. The van der Waals surface area contributed by atoms with Crippen molar-refractivity contribution >= 4 is 17.3 Å². The predicted molar refractivity (Wildman–Crippen MR) is 118 cm³/mol. The number of pyridine rings is 2. The van der Waals surface area contributed by atoms with E-state index in [1.807, 2.05) is 30.1 Å². The molecule has 1 aliphatic carbocycles. The lowest BCUT2D eigenvalue weighted by atomic mass is 9.93. The third-order valence-corrected chi connectivity index (χ3v) is 7.02. The number of hydrogen-bond donors (Lipinski definition) is 1. The summed E-state index contributed by atoms with van der Waals surface area (Å²) in [5.74, 6) is -0.414. The Hall–Kier alpha value is -3.22. The number of rotatable bonds is 4. The quantitative estimate of drug-likeness (QED) is 0.493. The van der Waals surface area contributed by atoms with Crippen LogP contribution in [0.1, 0.15) is 43.0 Å². The molecule has 0 spiro atoms. The number of fused-ring (bicyclic) bond motifs is 1. The van der Waals surface area contributed by atoms with Gasteiger partial charge in [0.05, 0.1) is 35.6 Å². The van der Waals surface area contributed by atoms with Gasteiger partial charge in [0, 0.05) is 34.1 Å². The van der Waals surface area contributed by atoms with E-state index >= 15 is 0 Å². The molecule has 0 bridgehead atoms. The van der Waals surface area contributed by atoms with E-state index < -0.39 is 5.82 Å². The minimum atomic E-state index is -0.414. The van der Waals surface area contributed by atoms with Crippen molar-refractivity contribution < 1.29 is 9.50 Å². The van der Waals surface area contributed by atoms with Crippen molar-refractivity contribution in [3.8, 4) is 17.2 Å². The van der Waals surface area contributed by atoms with Gasteiger partial charge >= 0.3 is 0 Å². The molecule has 162 valence electrons. The van der Waals surface area contributed by atoms with Gasteiger partial charge in [-0.15, -0.1) is 0 Å². The molecular formula is C23H21FN6OS. The number of halogens is 1. The Balaban J connectivity index is 1.59. The summed E-state index contributed by atoms with van der Waals surface area (Å²) in [5, 5.41) is 28.6. The summed E-state index contributed by atoms with van der Waals surface area (Å²) in [6.45, 7) is 2.03. The largest absolute Gasteiger partial charge is 0.393 e. The minimum Gasteiger partial charge on any atom is -0.393 e. The first-order valence-corrected chi connectivity index (χ1v) is 11.3. The van der Waals surface area contributed by atoms with Gasteiger partial charge in [-0.2, -0.15) is 15.5 Å². The van der Waals surface area contributed by atoms with Gasteiger partial charge in [-0.3, -0.25) is 4.68 Å². The molecule has 0 atom stereocenters. The second-order valence-corrected chi connectivity index (χ2v) is 9.03. The molecular weight excluding hydrogens is 427 g/mol. The van der Waals surface area contributed by atoms with Gasteiger partial charge in [0.25, 0.3) is 0 Å². The van der Waals surface area contributed by atoms with Gasteiger partial charge in [-0.05, 0) is 50.8 Å². The summed E-state index contributed by atoms with van der Waals surface area (Å²) in [6.07, 6.45) is 9.91. The maximum atomic E-state index is 14.3. The van der Waals surface area contributed by atoms with Crippen LogP contribution in [0.25, 0.3) is 16.6 Å². The van der Waals surface area contributed by atoms with Crippen LogP contribution in [0.3, 0.4) is 0 Å². The van der Waals surface area contributed by atoms with Gasteiger partial charge in [-0.25, -0.2) is 13.9 Å². The Labute approximate surface area is 188 Å². The van der Waals surface area contributed by atoms with E-state index in [9.17, 15) is 14.8 Å². The summed E-state index contributed by atoms with van der Waals surface area (Å²) in [4.78, 5) is 4.85. The fourth-order valence-electron chi connectivity index (χ4n) is 4.32. The van der Waals surface area contributed by atoms with Crippen molar-refractivity contribution in [3.63, 3.8) is 0 Å². The molecule has 7 nitrogen and oxygen atoms in total. The van der Waals surface area contributed by atoms with Gasteiger partial charge < -0.3 is 5.11 Å². The summed E-state index contributed by atoms with van der Waals surface area (Å²) in [5.41, 5.74) is 3.90. The molecule has 0 unspecified atom stereocenters. The molecule has 5 rings (SSSR count). The Bertz CT molecular complexity index is 1330. The molecule has 1 aliphatic rings. The molecule has 4 heterocycles. The normalized spacial score (nSPS) is 18.7. The Morgan fingerprint density at radius 1 is 1.22 bits per heavy atom. The minimum absolute atomic E-state index is 0.218. The van der Waals surface area contributed by atoms with Crippen LogP contribution in [0, 0.1) is 24.1 Å². The van der Waals surface area contributed by atoms with Crippen LogP contribution in [0.2, 0.25) is 0 Å². The van der Waals surface area contributed by atoms with Crippen molar-refractivity contribution in [2.45, 2.75) is 54.7 Å². The average Bonchev–Trinajstić information content (AvgIpc) is 3.39. The highest BCUT2D eigenvalue weighted by atomic mass is 32.2. The number of aliphatic hydroxyl groups excluding tert-OH is 1. The molecule has 1 N–H and O–H groups in total. The summed E-state index contributed by atoms with van der Waals surface area (Å²) < 4.78 is 18.0. The van der Waals surface area contributed by atoms with E-state index in [2.05, 4.69) is 21.3 Å². The SMILES string of the molecule is Cc1c(-c2cc(Sc3ncccc3F)c3c(C#N)cnn3c2)cnn1[C@H]1CC[C@H](O)CC1. The Morgan fingerprint density at radius 3 is 2.78 bits per heavy atom. The monoisotopic (exact) mass is 448 g/mol. The van der Waals surface area contributed by atoms with Gasteiger partial charge in [0.2, 0.25) is 0 Å². The van der Waals surface area contributed by atoms with E-state index in [1.54, 1.807) is 16.8 Å². The smallest absolute Gasteiger partial charge is 0.155 e. The lowest BCUT2D eigenvalue weighted by Crippen LogP contribution is -2.22. The average molecular weight is 449 g/mol. The topological polar surface area (TPSA) is 92.0 Å². The zero-order valence-corrected chi connectivity index (χ0v) is 18.3. The van der Waals surface area contributed by atoms with Crippen LogP contribution >= 0.6 is 11.8 Å². The van der Waals surface area contributed by atoms with Crippen molar-refractivity contribution in [2.24, 2.45) is 0 Å². The first-order valence-electron chi connectivity index (χ1n) is 10.5. The highest BCUT2D eigenvalue weighted by Gasteiger charge is 2.24. The molecule has 4 aromatic rings. The molecule has 1 saturated carbocycles. The summed E-state index contributed by atoms with van der Waals surface area (Å²) in [6, 6.07) is 7.29. The van der Waals surface area contributed by atoms with E-state index in [1.165, 1.54) is 24.0 Å². The van der Waals surface area contributed by atoms with Gasteiger partial charge in [-0.1, -0.05) is 11.8 Å². The van der Waals surface area contributed by atoms with Crippen LogP contribution in [0.4, 0.5) is 4.39 Å². The number of aromatic nitrogens is 5. The second-order valence-electron chi connectivity index (χ2n) is 8.00. The van der Waals surface area contributed by atoms with E-state index in [0.29, 0.717) is 16.0 Å². The Morgan fingerprint density at radius 2 is 2.03 bits per heavy atom. The molecule has 0 radical (unpaired) electrons. The fraction of sp³-hybridized carbons (Fsp3) is 0.304. The van der Waals surface area contributed by atoms with Crippen molar-refractivity contribution in [3.05, 3.63) is 60.1 Å². The first-order chi connectivity index (χ1) is 15.5. The number of nitriles is 1. The maximum Gasteiger partial charge on any atom is 0.155 e. The van der Waals surface area contributed by atoms with E-state index in [4.69, 9.17) is 0 Å². The highest BCUT2D eigenvalue weighted by molar-refractivity contribution is 7.99. The molecule has 4 aromatic heterocycles. The van der Waals surface area contributed by atoms with Crippen molar-refractivity contribution in [1.82, 2.24) is 24.4 Å². The number of hydrogen-bond acceptors (Lipinski definition) is 6. The lowest BCUT2D eigenvalue weighted by molar-refractivity contribution is 0.107. The molecule has 32 heavy (non-hydrogen) atoms. The highest BCUT2D eigenvalue weighted by Crippen LogP contribution is 2.37. The van der Waals surface area contributed by atoms with Crippen molar-refractivity contribution in [1.29, 1.82) is 5.26 Å². The standard InChI is InChI=1S/C23H21FN6OS/c1-14-19(12-28-30(14)17-4-6-18(31)7-5-17)15-9-21(32-23-20(24)3-2-8-26-23)22-16(10-25)11-27-29(22)13-15/h2-3,8-9,11-13,17-18,31H,4-7H2,1H3/t17-,18-. The van der Waals surface area contributed by atoms with Crippen LogP contribution in [-0.2, 0) is 0 Å². The zero-order chi connectivity index (χ0) is 22.2. The van der Waals surface area contributed by atoms with Crippen molar-refractivity contribution in [2.75, 3.05) is 0 Å². The molecule has 9 heteroatoms. The third kappa shape index (κ3) is 3.66. The van der Waals surface area contributed by atoms with Crippen LogP contribution < -0.4 is 0 Å². The van der Waals surface area contributed by atoms with Crippen LogP contribution in [-0.4, -0.2) is 35.6 Å². The van der Waals surface area contributed by atoms with Crippen LogP contribution in [0.5, 0.6) is 0 Å². The fourth-order valence-corrected chi connectivity index (χ4v) is 5.29. The predicted octanol–water partition coefficient (Wildman–Crippen LogP) is 4.54. The zero-order valence-electron chi connectivity index (χ0n) is 17.4. The first kappa shape index (κ1) is 20.7. The molecule has 0 amide bonds. The summed E-state index contributed by atoms with van der Waals surface area (Å²) in [7, 11) is 0. The second kappa shape index (κ2) is 8.37. The number of aliphatic hydroxyl groups is 1. The molecule has 0 saturated heterocycles. The Kier molecular flexibility index (Phi) is 5.41. The lowest BCUT2D eigenvalue weighted by Gasteiger charge is -2.26. The number of nitrogens with zero attached hydrogens (tertiary/aromatic N) is 6. The van der Waals surface area contributed by atoms with E-state index in [-0.39, 0.29) is 17.2 Å². The maximum absolute atomic E-state index is 14.3. The van der Waals surface area contributed by atoms with E-state index in [0.717, 1.165) is 42.5 Å². The molecule has 0 aromatic carbocycles. The van der Waals surface area contributed by atoms with Gasteiger partial charge in [0.1, 0.15) is 11.1 Å². The molecule has 0 aliphatic heterocycles. The third-order valence-electron chi connectivity index (χ3n) is 6.00. The van der Waals surface area contributed by atoms with Gasteiger partial charge in [0.15, 0.2) is 5.82 Å².